The topological polar surface area (TPSA) is 12.0 Å². The third-order valence-corrected chi connectivity index (χ3v) is 11.3. The summed E-state index contributed by atoms with van der Waals surface area (Å²) in [5.41, 5.74) is 1.53. The molecule has 174 valence electrons. The Morgan fingerprint density at radius 1 is 0.629 bits per heavy atom. The van der Waals surface area contributed by atoms with Gasteiger partial charge in [0.25, 0.3) is 0 Å². The lowest BCUT2D eigenvalue weighted by Crippen LogP contribution is -2.32. The molecule has 5 rings (SSSR count). The molecule has 0 radical (unpaired) electrons. The van der Waals surface area contributed by atoms with Crippen molar-refractivity contribution in [3.05, 3.63) is 144 Å². The second-order valence-corrected chi connectivity index (χ2v) is 13.1. The second-order valence-electron chi connectivity index (χ2n) is 8.71. The fourth-order valence-electron chi connectivity index (χ4n) is 4.61. The molecule has 4 aromatic carbocycles. The molecular formula is C32H31NP2. The highest BCUT2D eigenvalue weighted by Crippen LogP contribution is 2.48. The maximum atomic E-state index is 3.95. The first kappa shape index (κ1) is 23.9. The van der Waals surface area contributed by atoms with Crippen LogP contribution in [0.25, 0.3) is 0 Å². The van der Waals surface area contributed by atoms with Crippen molar-refractivity contribution >= 4 is 37.1 Å². The maximum Gasteiger partial charge on any atom is 0.0267 e. The van der Waals surface area contributed by atoms with Gasteiger partial charge in [-0.15, -0.1) is 0 Å². The zero-order valence-corrected chi connectivity index (χ0v) is 21.9. The molecule has 0 heterocycles. The molecule has 4 aromatic rings. The predicted octanol–water partition coefficient (Wildman–Crippen LogP) is 6.40. The number of nitrogens with one attached hydrogen (secondary N) is 1. The van der Waals surface area contributed by atoms with E-state index in [-0.39, 0.29) is 0 Å². The van der Waals surface area contributed by atoms with E-state index >= 15 is 0 Å². The average Bonchev–Trinajstić information content (AvgIpc) is 3.41. The molecule has 0 aromatic heterocycles. The molecular weight excluding hydrogens is 460 g/mol. The van der Waals surface area contributed by atoms with Crippen LogP contribution >= 0.6 is 15.8 Å². The Morgan fingerprint density at radius 2 is 1.06 bits per heavy atom. The Kier molecular flexibility index (Phi) is 8.02. The van der Waals surface area contributed by atoms with E-state index in [1.807, 2.05) is 0 Å². The van der Waals surface area contributed by atoms with E-state index in [1.165, 1.54) is 32.1 Å². The molecule has 0 fully saturated rings. The Balaban J connectivity index is 1.44. The highest BCUT2D eigenvalue weighted by atomic mass is 31.1. The van der Waals surface area contributed by atoms with E-state index in [4.69, 9.17) is 0 Å². The number of hydrogen-bond donors (Lipinski definition) is 1. The predicted molar refractivity (Wildman–Crippen MR) is 156 cm³/mol. The van der Waals surface area contributed by atoms with Crippen LogP contribution in [0.5, 0.6) is 0 Å². The third-order valence-electron chi connectivity index (χ3n) is 6.43. The van der Waals surface area contributed by atoms with Crippen molar-refractivity contribution in [1.29, 1.82) is 0 Å². The van der Waals surface area contributed by atoms with Crippen LogP contribution in [0.2, 0.25) is 0 Å². The van der Waals surface area contributed by atoms with Crippen LogP contribution in [0.4, 0.5) is 0 Å². The van der Waals surface area contributed by atoms with Gasteiger partial charge in [0.1, 0.15) is 0 Å². The van der Waals surface area contributed by atoms with Crippen molar-refractivity contribution < 1.29 is 0 Å². The fourth-order valence-corrected chi connectivity index (χ4v) is 9.41. The van der Waals surface area contributed by atoms with Crippen LogP contribution in [-0.4, -0.2) is 12.3 Å². The van der Waals surface area contributed by atoms with Gasteiger partial charge < -0.3 is 5.32 Å². The molecule has 1 aliphatic carbocycles. The van der Waals surface area contributed by atoms with E-state index in [2.05, 4.69) is 146 Å². The van der Waals surface area contributed by atoms with Gasteiger partial charge in [0.05, 0.1) is 0 Å². The summed E-state index contributed by atoms with van der Waals surface area (Å²) in [5.74, 6) is 0. The molecule has 1 N–H and O–H groups in total. The summed E-state index contributed by atoms with van der Waals surface area (Å²) >= 11 is 0. The first-order chi connectivity index (χ1) is 17.3. The minimum Gasteiger partial charge on any atom is -0.306 e. The SMILES string of the molecule is C[C@@H](NCP(c1ccccc1)c1ccccc1)C1=C(P(c2ccccc2)c2ccccc2)C=CC1. The van der Waals surface area contributed by atoms with Gasteiger partial charge in [-0.1, -0.05) is 133 Å². The van der Waals surface area contributed by atoms with Gasteiger partial charge in [0.2, 0.25) is 0 Å². The van der Waals surface area contributed by atoms with E-state index in [0.29, 0.717) is 6.04 Å². The summed E-state index contributed by atoms with van der Waals surface area (Å²) in [6.45, 7) is 2.34. The number of allylic oxidation sites excluding steroid dienone is 3. The van der Waals surface area contributed by atoms with E-state index in [0.717, 1.165) is 12.7 Å². The molecule has 1 atom stereocenters. The van der Waals surface area contributed by atoms with Crippen LogP contribution in [0, 0.1) is 0 Å². The molecule has 1 nitrogen and oxygen atoms in total. The number of hydrogen-bond acceptors (Lipinski definition) is 1. The molecule has 0 unspecified atom stereocenters. The largest absolute Gasteiger partial charge is 0.306 e. The number of rotatable bonds is 9. The maximum absolute atomic E-state index is 3.95. The molecule has 0 saturated heterocycles. The lowest BCUT2D eigenvalue weighted by Gasteiger charge is -2.26. The Hall–Kier alpha value is -2.82. The van der Waals surface area contributed by atoms with Gasteiger partial charge in [0, 0.05) is 12.3 Å². The van der Waals surface area contributed by atoms with Crippen LogP contribution in [0.1, 0.15) is 13.3 Å². The highest BCUT2D eigenvalue weighted by molar-refractivity contribution is 7.77. The quantitative estimate of drug-likeness (QED) is 0.267. The monoisotopic (exact) mass is 491 g/mol. The number of benzene rings is 4. The van der Waals surface area contributed by atoms with E-state index in [1.54, 1.807) is 0 Å². The Labute approximate surface area is 212 Å². The van der Waals surface area contributed by atoms with Crippen LogP contribution < -0.4 is 26.5 Å². The van der Waals surface area contributed by atoms with Crippen molar-refractivity contribution in [3.63, 3.8) is 0 Å². The zero-order valence-electron chi connectivity index (χ0n) is 20.1. The van der Waals surface area contributed by atoms with Crippen molar-refractivity contribution in [3.8, 4) is 0 Å². The van der Waals surface area contributed by atoms with Crippen LogP contribution in [0.15, 0.2) is 144 Å². The van der Waals surface area contributed by atoms with E-state index < -0.39 is 15.8 Å². The van der Waals surface area contributed by atoms with Crippen LogP contribution in [0.3, 0.4) is 0 Å². The molecule has 0 saturated carbocycles. The van der Waals surface area contributed by atoms with Gasteiger partial charge in [0.15, 0.2) is 0 Å². The fraction of sp³-hybridized carbons (Fsp3) is 0.125. The third kappa shape index (κ3) is 5.71. The van der Waals surface area contributed by atoms with Crippen molar-refractivity contribution in [2.45, 2.75) is 19.4 Å². The molecule has 1 aliphatic rings. The normalized spacial score (nSPS) is 14.1. The summed E-state index contributed by atoms with van der Waals surface area (Å²) < 4.78 is 0. The van der Waals surface area contributed by atoms with Gasteiger partial charge >= 0.3 is 0 Å². The molecule has 0 amide bonds. The first-order valence-corrected chi connectivity index (χ1v) is 15.1. The van der Waals surface area contributed by atoms with Gasteiger partial charge in [-0.25, -0.2) is 0 Å². The lowest BCUT2D eigenvalue weighted by atomic mass is 10.1. The first-order valence-electron chi connectivity index (χ1n) is 12.2. The van der Waals surface area contributed by atoms with Crippen molar-refractivity contribution in [2.75, 3.05) is 6.29 Å². The summed E-state index contributed by atoms with van der Waals surface area (Å²) in [7, 11) is -1.04. The molecule has 0 bridgehead atoms. The van der Waals surface area contributed by atoms with Gasteiger partial charge in [-0.05, 0) is 61.3 Å². The Bertz CT molecular complexity index is 1190. The summed E-state index contributed by atoms with van der Waals surface area (Å²) in [5, 5.41) is 11.1. The van der Waals surface area contributed by atoms with Crippen molar-refractivity contribution in [1.82, 2.24) is 5.32 Å². The minimum absolute atomic E-state index is 0.315. The smallest absolute Gasteiger partial charge is 0.0267 e. The Morgan fingerprint density at radius 3 is 1.51 bits per heavy atom. The molecule has 35 heavy (non-hydrogen) atoms. The van der Waals surface area contributed by atoms with Gasteiger partial charge in [-0.3, -0.25) is 0 Å². The zero-order chi connectivity index (χ0) is 23.9. The summed E-state index contributed by atoms with van der Waals surface area (Å²) in [6, 6.07) is 44.3. The minimum atomic E-state index is -0.579. The summed E-state index contributed by atoms with van der Waals surface area (Å²) in [6.07, 6.45) is 6.73. The lowest BCUT2D eigenvalue weighted by molar-refractivity contribution is 0.666. The molecule has 3 heteroatoms. The highest BCUT2D eigenvalue weighted by Gasteiger charge is 2.25. The average molecular weight is 492 g/mol. The summed E-state index contributed by atoms with van der Waals surface area (Å²) in [4.78, 5) is 0. The van der Waals surface area contributed by atoms with Gasteiger partial charge in [-0.2, -0.15) is 0 Å². The standard InChI is InChI=1S/C32H31NP2/c1-26(33-25-34(27-15-6-2-7-16-27)28-17-8-3-9-18-28)31-23-14-24-32(31)35(29-19-10-4-11-20-29)30-21-12-5-13-22-30/h2-22,24,26,33H,23,25H2,1H3/t26-/m1/s1. The molecule has 0 aliphatic heterocycles. The van der Waals surface area contributed by atoms with Crippen molar-refractivity contribution in [2.24, 2.45) is 0 Å². The molecule has 0 spiro atoms. The van der Waals surface area contributed by atoms with Crippen LogP contribution in [-0.2, 0) is 0 Å². The van der Waals surface area contributed by atoms with E-state index in [9.17, 15) is 0 Å². The second kappa shape index (κ2) is 11.7.